The molecule has 2 aliphatic rings. The number of alkyl halides is 1. The molecule has 1 aromatic heterocycles. The molecule has 3 atom stereocenters. The number of aliphatic imine (C=N–C) groups is 1. The third kappa shape index (κ3) is 3.97. The summed E-state index contributed by atoms with van der Waals surface area (Å²) < 4.78 is 48.4. The molecule has 6 nitrogen and oxygen atoms in total. The largest absolute Gasteiger partial charge is 0.463 e. The van der Waals surface area contributed by atoms with E-state index in [4.69, 9.17) is 16.9 Å². The van der Waals surface area contributed by atoms with Crippen LogP contribution in [0.25, 0.3) is 0 Å². The van der Waals surface area contributed by atoms with Gasteiger partial charge in [0, 0.05) is 23.2 Å². The van der Waals surface area contributed by atoms with Crippen molar-refractivity contribution in [3.8, 4) is 18.2 Å². The lowest BCUT2D eigenvalue weighted by molar-refractivity contribution is 0.0987. The number of aromatic nitrogens is 2. The van der Waals surface area contributed by atoms with E-state index in [0.29, 0.717) is 6.42 Å². The van der Waals surface area contributed by atoms with Crippen LogP contribution in [0.5, 0.6) is 5.88 Å². The molecule has 0 unspecified atom stereocenters. The first-order valence-electron chi connectivity index (χ1n) is 9.35. The molecule has 0 bridgehead atoms. The summed E-state index contributed by atoms with van der Waals surface area (Å²) in [6.07, 6.45) is 7.86. The molecule has 0 spiro atoms. The number of amidine groups is 1. The van der Waals surface area contributed by atoms with Gasteiger partial charge < -0.3 is 10.5 Å². The summed E-state index contributed by atoms with van der Waals surface area (Å²) >= 11 is 1.31. The third-order valence-electron chi connectivity index (χ3n) is 5.27. The van der Waals surface area contributed by atoms with E-state index in [-0.39, 0.29) is 52.1 Å². The van der Waals surface area contributed by atoms with Gasteiger partial charge in [0.2, 0.25) is 5.88 Å². The number of carbonyl (C=O) groups is 1. The topological polar surface area (TPSA) is 90.5 Å². The molecule has 0 saturated heterocycles. The minimum absolute atomic E-state index is 0.00326. The minimum atomic E-state index is -1.58. The first-order valence-corrected chi connectivity index (χ1v) is 10.2. The molecule has 160 valence electrons. The first kappa shape index (κ1) is 21.2. The van der Waals surface area contributed by atoms with Crippen LogP contribution < -0.4 is 10.5 Å². The molecule has 1 aliphatic carbocycles. The van der Waals surface area contributed by atoms with Gasteiger partial charge in [0.05, 0.1) is 12.4 Å². The van der Waals surface area contributed by atoms with Gasteiger partial charge in [-0.1, -0.05) is 17.7 Å². The summed E-state index contributed by atoms with van der Waals surface area (Å²) in [5, 5.41) is 0.159. The van der Waals surface area contributed by atoms with Gasteiger partial charge in [-0.05, 0) is 24.1 Å². The zero-order valence-corrected chi connectivity index (χ0v) is 17.0. The van der Waals surface area contributed by atoms with Crippen LogP contribution in [0.1, 0.15) is 28.0 Å². The number of thioether (sulfide) groups is 1. The summed E-state index contributed by atoms with van der Waals surface area (Å²) in [5.41, 5.74) is 4.18. The standard InChI is InChI=1S/C21H17F3N4O2S/c1-2-3-30-18-9-26-15(8-27-18)16(29)6-11-4-13(19(24)14(23)5-11)21(10-22)12-7-17(12)31-20(25)28-21/h1,4-5,8-9,12,17H,3,6-7,10H2,(H2,25,28)/t12-,17+,21+/m1/s1. The summed E-state index contributed by atoms with van der Waals surface area (Å²) in [6, 6.07) is 2.20. The molecular formula is C21H17F3N4O2S. The highest BCUT2D eigenvalue weighted by Crippen LogP contribution is 2.58. The van der Waals surface area contributed by atoms with E-state index in [1.54, 1.807) is 0 Å². The fourth-order valence-electron chi connectivity index (χ4n) is 3.71. The summed E-state index contributed by atoms with van der Waals surface area (Å²) in [4.78, 5) is 24.7. The maximum Gasteiger partial charge on any atom is 0.233 e. The van der Waals surface area contributed by atoms with Gasteiger partial charge in [0.15, 0.2) is 29.2 Å². The van der Waals surface area contributed by atoms with E-state index in [2.05, 4.69) is 20.9 Å². The lowest BCUT2D eigenvalue weighted by Gasteiger charge is -2.31. The predicted molar refractivity (Wildman–Crippen MR) is 110 cm³/mol. The Morgan fingerprint density at radius 2 is 2.16 bits per heavy atom. The Labute approximate surface area is 180 Å². The number of benzene rings is 1. The van der Waals surface area contributed by atoms with Crippen molar-refractivity contribution >= 4 is 22.7 Å². The molecule has 10 heteroatoms. The van der Waals surface area contributed by atoms with Crippen molar-refractivity contribution in [2.45, 2.75) is 23.6 Å². The third-order valence-corrected chi connectivity index (χ3v) is 6.42. The average molecular weight is 446 g/mol. The summed E-state index contributed by atoms with van der Waals surface area (Å²) in [7, 11) is 0. The Kier molecular flexibility index (Phi) is 5.62. The van der Waals surface area contributed by atoms with Crippen molar-refractivity contribution < 1.29 is 22.7 Å². The number of ketones is 1. The Morgan fingerprint density at radius 1 is 1.35 bits per heavy atom. The van der Waals surface area contributed by atoms with Crippen LogP contribution in [0, 0.1) is 29.9 Å². The molecule has 2 aromatic rings. The van der Waals surface area contributed by atoms with Gasteiger partial charge in [-0.25, -0.2) is 28.1 Å². The number of hydrogen-bond donors (Lipinski definition) is 1. The Balaban J connectivity index is 1.62. The highest BCUT2D eigenvalue weighted by molar-refractivity contribution is 8.14. The maximum absolute atomic E-state index is 14.7. The number of nitrogens with two attached hydrogens (primary N) is 1. The number of ether oxygens (including phenoxy) is 1. The SMILES string of the molecule is C#CCOc1cnc(C(=O)Cc2cc(F)c(F)c([C@@]3(CF)N=C(N)S[C@H]4C[C@H]43)c2)cn1. The number of Topliss-reactive ketones (excluding diaryl/α,β-unsaturated/α-hetero) is 1. The van der Waals surface area contributed by atoms with Crippen LogP contribution in [0.3, 0.4) is 0 Å². The molecule has 31 heavy (non-hydrogen) atoms. The maximum atomic E-state index is 14.7. The predicted octanol–water partition coefficient (Wildman–Crippen LogP) is 2.81. The average Bonchev–Trinajstić information content (AvgIpc) is 3.54. The number of carbonyl (C=O) groups excluding carboxylic acids is 1. The Hall–Kier alpha value is -3.06. The van der Waals surface area contributed by atoms with Gasteiger partial charge in [-0.2, -0.15) is 0 Å². The van der Waals surface area contributed by atoms with Crippen molar-refractivity contribution in [3.63, 3.8) is 0 Å². The van der Waals surface area contributed by atoms with E-state index in [1.807, 2.05) is 0 Å². The zero-order chi connectivity index (χ0) is 22.2. The molecule has 1 fully saturated rings. The van der Waals surface area contributed by atoms with E-state index >= 15 is 0 Å². The number of hydrogen-bond acceptors (Lipinski definition) is 7. The van der Waals surface area contributed by atoms with E-state index in [9.17, 15) is 18.0 Å². The van der Waals surface area contributed by atoms with Crippen LogP contribution in [-0.4, -0.2) is 39.5 Å². The highest BCUT2D eigenvalue weighted by atomic mass is 32.2. The molecule has 1 saturated carbocycles. The van der Waals surface area contributed by atoms with Crippen LogP contribution in [0.15, 0.2) is 29.5 Å². The van der Waals surface area contributed by atoms with Crippen molar-refractivity contribution in [1.29, 1.82) is 0 Å². The van der Waals surface area contributed by atoms with Gasteiger partial charge in [-0.15, -0.1) is 6.42 Å². The number of nitrogens with zero attached hydrogens (tertiary/aromatic N) is 3. The van der Waals surface area contributed by atoms with Crippen LogP contribution in [0.2, 0.25) is 0 Å². The fourth-order valence-corrected chi connectivity index (χ4v) is 4.93. The summed E-state index contributed by atoms with van der Waals surface area (Å²) in [5.74, 6) is -0.692. The smallest absolute Gasteiger partial charge is 0.233 e. The van der Waals surface area contributed by atoms with Crippen LogP contribution >= 0.6 is 11.8 Å². The number of fused-ring (bicyclic) bond motifs is 1. The van der Waals surface area contributed by atoms with Gasteiger partial charge >= 0.3 is 0 Å². The fraction of sp³-hybridized carbons (Fsp3) is 0.333. The lowest BCUT2D eigenvalue weighted by atomic mass is 9.84. The quantitative estimate of drug-likeness (QED) is 0.520. The van der Waals surface area contributed by atoms with Crippen molar-refractivity contribution in [2.75, 3.05) is 13.3 Å². The normalized spacial score (nSPS) is 24.0. The molecule has 0 radical (unpaired) electrons. The lowest BCUT2D eigenvalue weighted by Crippen LogP contribution is -2.37. The van der Waals surface area contributed by atoms with E-state index < -0.39 is 29.6 Å². The molecule has 1 aliphatic heterocycles. The summed E-state index contributed by atoms with van der Waals surface area (Å²) in [6.45, 7) is -1.02. The molecule has 0 amide bonds. The molecule has 2 N–H and O–H groups in total. The second kappa shape index (κ2) is 8.23. The number of terminal acetylenes is 1. The van der Waals surface area contributed by atoms with Crippen molar-refractivity contribution in [3.05, 3.63) is 53.0 Å². The Bertz CT molecular complexity index is 1100. The molecule has 2 heterocycles. The second-order valence-electron chi connectivity index (χ2n) is 7.28. The first-order chi connectivity index (χ1) is 14.9. The van der Waals surface area contributed by atoms with Crippen LogP contribution in [-0.2, 0) is 12.0 Å². The monoisotopic (exact) mass is 446 g/mol. The molecular weight excluding hydrogens is 429 g/mol. The second-order valence-corrected chi connectivity index (χ2v) is 8.54. The van der Waals surface area contributed by atoms with E-state index in [0.717, 1.165) is 6.07 Å². The van der Waals surface area contributed by atoms with Gasteiger partial charge in [0.25, 0.3) is 0 Å². The Morgan fingerprint density at radius 3 is 2.84 bits per heavy atom. The molecule has 1 aromatic carbocycles. The van der Waals surface area contributed by atoms with Crippen molar-refractivity contribution in [1.82, 2.24) is 9.97 Å². The van der Waals surface area contributed by atoms with Crippen molar-refractivity contribution in [2.24, 2.45) is 16.6 Å². The number of rotatable bonds is 7. The zero-order valence-electron chi connectivity index (χ0n) is 16.1. The number of halogens is 3. The van der Waals surface area contributed by atoms with Crippen LogP contribution in [0.4, 0.5) is 13.2 Å². The highest BCUT2D eigenvalue weighted by Gasteiger charge is 2.58. The van der Waals surface area contributed by atoms with Gasteiger partial charge in [-0.3, -0.25) is 4.79 Å². The minimum Gasteiger partial charge on any atom is -0.463 e. The molecule has 4 rings (SSSR count). The van der Waals surface area contributed by atoms with E-state index in [1.165, 1.54) is 30.2 Å². The van der Waals surface area contributed by atoms with Gasteiger partial charge in [0.1, 0.15) is 17.9 Å².